The van der Waals surface area contributed by atoms with E-state index in [1.807, 2.05) is 6.92 Å². The van der Waals surface area contributed by atoms with Crippen LogP contribution in [0.4, 0.5) is 11.4 Å². The van der Waals surface area contributed by atoms with Gasteiger partial charge in [0.1, 0.15) is 6.23 Å². The van der Waals surface area contributed by atoms with Crippen molar-refractivity contribution in [2.24, 2.45) is 0 Å². The Labute approximate surface area is 105 Å². The van der Waals surface area contributed by atoms with Crippen LogP contribution in [0, 0.1) is 0 Å². The number of benzene rings is 1. The molecule has 1 aromatic rings. The van der Waals surface area contributed by atoms with E-state index in [0.29, 0.717) is 12.2 Å². The molecule has 0 fully saturated rings. The Bertz CT molecular complexity index is 570. The zero-order chi connectivity index (χ0) is 13.5. The number of nitrogens with two attached hydrogens (primary N) is 1. The van der Waals surface area contributed by atoms with Crippen LogP contribution in [0.3, 0.4) is 0 Å². The summed E-state index contributed by atoms with van der Waals surface area (Å²) >= 11 is 0. The minimum Gasteiger partial charge on any atom is -0.396 e. The quantitative estimate of drug-likeness (QED) is 0.609. The van der Waals surface area contributed by atoms with E-state index >= 15 is 0 Å². The first-order valence-corrected chi connectivity index (χ1v) is 6.70. The number of rotatable bonds is 3. The monoisotopic (exact) mass is 274 g/mol. The van der Waals surface area contributed by atoms with Crippen LogP contribution < -0.4 is 19.0 Å². The molecule has 1 aromatic carbocycles. The third-order valence-electron chi connectivity index (χ3n) is 2.59. The second-order valence-corrected chi connectivity index (χ2v) is 4.97. The number of hydrogen-bond donors (Lipinski definition) is 2. The van der Waals surface area contributed by atoms with Crippen molar-refractivity contribution in [3.8, 4) is 11.5 Å². The molecule has 0 spiro atoms. The third kappa shape index (κ3) is 2.04. The summed E-state index contributed by atoms with van der Waals surface area (Å²) in [5, 5.41) is 9.65. The van der Waals surface area contributed by atoms with Crippen molar-refractivity contribution in [3.63, 3.8) is 0 Å². The molecule has 1 aliphatic rings. The number of aliphatic hydroxyl groups excluding tert-OH is 1. The highest BCUT2D eigenvalue weighted by Gasteiger charge is 2.34. The maximum atomic E-state index is 11.3. The third-order valence-corrected chi connectivity index (χ3v) is 3.34. The molecule has 1 aliphatic heterocycles. The van der Waals surface area contributed by atoms with Crippen LogP contribution in [0.5, 0.6) is 11.5 Å². The Morgan fingerprint density at radius 3 is 2.56 bits per heavy atom. The van der Waals surface area contributed by atoms with Gasteiger partial charge in [0.25, 0.3) is 0 Å². The van der Waals surface area contributed by atoms with Gasteiger partial charge in [-0.25, -0.2) is 0 Å². The second-order valence-electron chi connectivity index (χ2n) is 3.82. The van der Waals surface area contributed by atoms with Gasteiger partial charge in [-0.15, -0.1) is 8.42 Å². The van der Waals surface area contributed by atoms with E-state index < -0.39 is 16.6 Å². The van der Waals surface area contributed by atoms with E-state index in [9.17, 15) is 13.5 Å². The van der Waals surface area contributed by atoms with Crippen molar-refractivity contribution in [2.75, 3.05) is 17.2 Å². The minimum absolute atomic E-state index is 0.0118. The Kier molecular flexibility index (Phi) is 2.99. The van der Waals surface area contributed by atoms with Crippen molar-refractivity contribution < 1.29 is 21.9 Å². The summed E-state index contributed by atoms with van der Waals surface area (Å²) < 4.78 is 32.0. The van der Waals surface area contributed by atoms with Gasteiger partial charge in [0.2, 0.25) is 11.5 Å². The molecule has 0 bridgehead atoms. The number of hydrogen-bond acceptors (Lipinski definition) is 7. The van der Waals surface area contributed by atoms with Gasteiger partial charge in [-0.1, -0.05) is 0 Å². The van der Waals surface area contributed by atoms with Gasteiger partial charge in [-0.3, -0.25) is 0 Å². The van der Waals surface area contributed by atoms with Crippen molar-refractivity contribution in [1.82, 2.24) is 0 Å². The molecule has 0 saturated heterocycles. The summed E-state index contributed by atoms with van der Waals surface area (Å²) in [6.45, 7) is 3.85. The molecular weight excluding hydrogens is 260 g/mol. The zero-order valence-electron chi connectivity index (χ0n) is 9.95. The van der Waals surface area contributed by atoms with Crippen LogP contribution in [-0.4, -0.2) is 26.3 Å². The Balaban J connectivity index is 2.57. The SMILES string of the molecule is CCN(c1ccc(N)c2c1OS(=O)(=O)O2)C(C)O. The summed E-state index contributed by atoms with van der Waals surface area (Å²) in [4.78, 5) is 1.56. The average Bonchev–Trinajstić information content (AvgIpc) is 2.58. The first-order chi connectivity index (χ1) is 8.35. The molecule has 2 rings (SSSR count). The summed E-state index contributed by atoms with van der Waals surface area (Å²) in [5.41, 5.74) is 6.21. The van der Waals surface area contributed by atoms with Crippen molar-refractivity contribution in [2.45, 2.75) is 20.1 Å². The van der Waals surface area contributed by atoms with Crippen LogP contribution in [0.15, 0.2) is 12.1 Å². The molecule has 1 atom stereocenters. The Hall–Kier alpha value is -1.67. The molecule has 3 N–H and O–H groups in total. The van der Waals surface area contributed by atoms with Crippen molar-refractivity contribution in [1.29, 1.82) is 0 Å². The molecule has 0 aliphatic carbocycles. The highest BCUT2D eigenvalue weighted by atomic mass is 32.3. The lowest BCUT2D eigenvalue weighted by molar-refractivity contribution is 0.189. The molecule has 0 radical (unpaired) electrons. The van der Waals surface area contributed by atoms with Crippen LogP contribution in [0.1, 0.15) is 13.8 Å². The summed E-state index contributed by atoms with van der Waals surface area (Å²) in [6, 6.07) is 3.08. The van der Waals surface area contributed by atoms with Gasteiger partial charge in [0, 0.05) is 6.54 Å². The fourth-order valence-electron chi connectivity index (χ4n) is 1.82. The number of fused-ring (bicyclic) bond motifs is 1. The first-order valence-electron chi connectivity index (χ1n) is 5.36. The van der Waals surface area contributed by atoms with Gasteiger partial charge in [0.05, 0.1) is 11.4 Å². The van der Waals surface area contributed by atoms with Crippen LogP contribution in [-0.2, 0) is 10.4 Å². The second kappa shape index (κ2) is 4.21. The highest BCUT2D eigenvalue weighted by molar-refractivity contribution is 7.82. The molecular formula is C10H14N2O5S. The molecule has 1 unspecified atom stereocenters. The van der Waals surface area contributed by atoms with Gasteiger partial charge >= 0.3 is 10.4 Å². The number of nitrogen functional groups attached to an aromatic ring is 1. The molecule has 100 valence electrons. The summed E-state index contributed by atoms with van der Waals surface area (Å²) in [7, 11) is -4.11. The number of aliphatic hydroxyl groups is 1. The van der Waals surface area contributed by atoms with Crippen molar-refractivity contribution >= 4 is 21.8 Å². The predicted molar refractivity (Wildman–Crippen MR) is 65.7 cm³/mol. The van der Waals surface area contributed by atoms with Gasteiger partial charge in [-0.2, -0.15) is 0 Å². The number of anilines is 2. The maximum Gasteiger partial charge on any atom is 0.501 e. The smallest absolute Gasteiger partial charge is 0.396 e. The standard InChI is InChI=1S/C10H14N2O5S/c1-3-12(6(2)13)8-5-4-7(11)9-10(8)17-18(14,15)16-9/h4-6,13H,3,11H2,1-2H3. The lowest BCUT2D eigenvalue weighted by Gasteiger charge is -2.26. The predicted octanol–water partition coefficient (Wildman–Crippen LogP) is 0.449. The lowest BCUT2D eigenvalue weighted by Crippen LogP contribution is -2.32. The molecule has 7 nitrogen and oxygen atoms in total. The highest BCUT2D eigenvalue weighted by Crippen LogP contribution is 2.47. The average molecular weight is 274 g/mol. The fourth-order valence-corrected chi connectivity index (χ4v) is 2.59. The molecule has 0 saturated carbocycles. The topological polar surface area (TPSA) is 102 Å². The molecule has 0 amide bonds. The molecule has 18 heavy (non-hydrogen) atoms. The van der Waals surface area contributed by atoms with Crippen molar-refractivity contribution in [3.05, 3.63) is 12.1 Å². The van der Waals surface area contributed by atoms with Crippen LogP contribution >= 0.6 is 0 Å². The van der Waals surface area contributed by atoms with Crippen LogP contribution in [0.25, 0.3) is 0 Å². The van der Waals surface area contributed by atoms with E-state index in [-0.39, 0.29) is 17.2 Å². The summed E-state index contributed by atoms with van der Waals surface area (Å²) in [6.07, 6.45) is -0.797. The Morgan fingerprint density at radius 1 is 1.39 bits per heavy atom. The minimum atomic E-state index is -4.11. The first kappa shape index (κ1) is 12.8. The van der Waals surface area contributed by atoms with Gasteiger partial charge < -0.3 is 24.1 Å². The Morgan fingerprint density at radius 2 is 2.00 bits per heavy atom. The largest absolute Gasteiger partial charge is 0.501 e. The molecule has 8 heteroatoms. The van der Waals surface area contributed by atoms with E-state index in [1.165, 1.54) is 6.07 Å². The lowest BCUT2D eigenvalue weighted by atomic mass is 10.2. The van der Waals surface area contributed by atoms with E-state index in [0.717, 1.165) is 0 Å². The van der Waals surface area contributed by atoms with E-state index in [1.54, 1.807) is 17.9 Å². The summed E-state index contributed by atoms with van der Waals surface area (Å²) in [5.74, 6) is -0.0237. The fraction of sp³-hybridized carbons (Fsp3) is 0.400. The molecule has 0 aromatic heterocycles. The van der Waals surface area contributed by atoms with E-state index in [2.05, 4.69) is 4.18 Å². The van der Waals surface area contributed by atoms with E-state index in [4.69, 9.17) is 9.92 Å². The van der Waals surface area contributed by atoms with Gasteiger partial charge in [-0.05, 0) is 26.0 Å². The van der Waals surface area contributed by atoms with Crippen LogP contribution in [0.2, 0.25) is 0 Å². The maximum absolute atomic E-state index is 11.3. The molecule has 1 heterocycles. The number of nitrogens with zero attached hydrogens (tertiary/aromatic N) is 1. The van der Waals surface area contributed by atoms with Gasteiger partial charge in [0.15, 0.2) is 0 Å². The normalized spacial score (nSPS) is 17.5. The zero-order valence-corrected chi connectivity index (χ0v) is 10.8.